The highest BCUT2D eigenvalue weighted by molar-refractivity contribution is 5.57. The van der Waals surface area contributed by atoms with E-state index in [1.807, 2.05) is 19.1 Å². The molecule has 29 heavy (non-hydrogen) atoms. The van der Waals surface area contributed by atoms with Crippen molar-refractivity contribution in [1.29, 1.82) is 0 Å². The van der Waals surface area contributed by atoms with Crippen LogP contribution in [0.15, 0.2) is 35.1 Å². The molecule has 152 valence electrons. The molecule has 4 rings (SSSR count). The predicted octanol–water partition coefficient (Wildman–Crippen LogP) is 2.93. The SMILES string of the molecule is CCc1cc(N2CCN(C(C)c3nc(CC)no3)CC2)nc(-c2ccncc2)n1. The molecule has 1 unspecified atom stereocenters. The van der Waals surface area contributed by atoms with E-state index in [1.165, 1.54) is 0 Å². The second kappa shape index (κ2) is 8.65. The summed E-state index contributed by atoms with van der Waals surface area (Å²) < 4.78 is 5.43. The van der Waals surface area contributed by atoms with E-state index in [4.69, 9.17) is 14.5 Å². The molecule has 1 aliphatic heterocycles. The van der Waals surface area contributed by atoms with E-state index in [1.54, 1.807) is 12.4 Å². The molecule has 0 amide bonds. The number of aryl methyl sites for hydroxylation is 2. The van der Waals surface area contributed by atoms with Crippen LogP contribution in [0.1, 0.15) is 44.2 Å². The Balaban J connectivity index is 1.48. The summed E-state index contributed by atoms with van der Waals surface area (Å²) in [6.07, 6.45) is 5.22. The summed E-state index contributed by atoms with van der Waals surface area (Å²) in [7, 11) is 0. The van der Waals surface area contributed by atoms with Gasteiger partial charge in [-0.25, -0.2) is 9.97 Å². The maximum Gasteiger partial charge on any atom is 0.243 e. The second-order valence-electron chi connectivity index (χ2n) is 7.23. The normalized spacial score (nSPS) is 16.2. The van der Waals surface area contributed by atoms with E-state index in [2.05, 4.69) is 44.8 Å². The van der Waals surface area contributed by atoms with Gasteiger partial charge in [0.15, 0.2) is 11.6 Å². The Morgan fingerprint density at radius 1 is 1.00 bits per heavy atom. The smallest absolute Gasteiger partial charge is 0.243 e. The van der Waals surface area contributed by atoms with Crippen molar-refractivity contribution in [2.24, 2.45) is 0 Å². The Morgan fingerprint density at radius 2 is 1.76 bits per heavy atom. The number of anilines is 1. The van der Waals surface area contributed by atoms with Crippen LogP contribution in [-0.4, -0.2) is 56.2 Å². The quantitative estimate of drug-likeness (QED) is 0.632. The van der Waals surface area contributed by atoms with Gasteiger partial charge in [0, 0.05) is 62.3 Å². The number of aromatic nitrogens is 5. The van der Waals surface area contributed by atoms with Crippen molar-refractivity contribution in [3.05, 3.63) is 48.0 Å². The monoisotopic (exact) mass is 393 g/mol. The highest BCUT2D eigenvalue weighted by Gasteiger charge is 2.26. The molecule has 4 heterocycles. The predicted molar refractivity (Wildman–Crippen MR) is 111 cm³/mol. The summed E-state index contributed by atoms with van der Waals surface area (Å²) in [5, 5.41) is 4.03. The van der Waals surface area contributed by atoms with Crippen LogP contribution < -0.4 is 4.90 Å². The molecule has 0 aliphatic carbocycles. The van der Waals surface area contributed by atoms with Gasteiger partial charge in [-0.05, 0) is 25.5 Å². The minimum Gasteiger partial charge on any atom is -0.354 e. The minimum absolute atomic E-state index is 0.119. The van der Waals surface area contributed by atoms with Crippen LogP contribution in [0.25, 0.3) is 11.4 Å². The fourth-order valence-electron chi connectivity index (χ4n) is 3.53. The van der Waals surface area contributed by atoms with Crippen molar-refractivity contribution < 1.29 is 4.52 Å². The third-order valence-corrected chi connectivity index (χ3v) is 5.41. The van der Waals surface area contributed by atoms with Gasteiger partial charge in [-0.1, -0.05) is 19.0 Å². The summed E-state index contributed by atoms with van der Waals surface area (Å²) in [6, 6.07) is 6.13. The van der Waals surface area contributed by atoms with E-state index in [-0.39, 0.29) is 6.04 Å². The lowest BCUT2D eigenvalue weighted by molar-refractivity contribution is 0.164. The van der Waals surface area contributed by atoms with Gasteiger partial charge < -0.3 is 9.42 Å². The van der Waals surface area contributed by atoms with Crippen LogP contribution in [0.3, 0.4) is 0 Å². The maximum atomic E-state index is 5.43. The van der Waals surface area contributed by atoms with Crippen molar-refractivity contribution in [3.63, 3.8) is 0 Å². The fraction of sp³-hybridized carbons (Fsp3) is 0.476. The van der Waals surface area contributed by atoms with E-state index in [9.17, 15) is 0 Å². The van der Waals surface area contributed by atoms with Crippen molar-refractivity contribution in [2.45, 2.75) is 39.7 Å². The Hall–Kier alpha value is -2.87. The third-order valence-electron chi connectivity index (χ3n) is 5.41. The zero-order valence-electron chi connectivity index (χ0n) is 17.2. The van der Waals surface area contributed by atoms with Gasteiger partial charge in [-0.15, -0.1) is 0 Å². The van der Waals surface area contributed by atoms with Crippen LogP contribution in [0.5, 0.6) is 0 Å². The van der Waals surface area contributed by atoms with Gasteiger partial charge >= 0.3 is 0 Å². The Bertz CT molecular complexity index is 935. The fourth-order valence-corrected chi connectivity index (χ4v) is 3.53. The standard InChI is InChI=1S/C21H27N7O/c1-4-17-14-19(25-20(23-17)16-6-8-22-9-7-16)28-12-10-27(11-13-28)15(3)21-24-18(5-2)26-29-21/h6-9,14-15H,4-5,10-13H2,1-3H3. The molecule has 0 aromatic carbocycles. The van der Waals surface area contributed by atoms with Crippen LogP contribution >= 0.6 is 0 Å². The number of hydrogen-bond acceptors (Lipinski definition) is 8. The second-order valence-corrected chi connectivity index (χ2v) is 7.23. The molecule has 3 aromatic rings. The molecule has 8 heteroatoms. The summed E-state index contributed by atoms with van der Waals surface area (Å²) in [5.74, 6) is 3.21. The number of hydrogen-bond donors (Lipinski definition) is 0. The summed E-state index contributed by atoms with van der Waals surface area (Å²) >= 11 is 0. The Labute approximate surface area is 171 Å². The van der Waals surface area contributed by atoms with Crippen molar-refractivity contribution in [2.75, 3.05) is 31.1 Å². The van der Waals surface area contributed by atoms with Crippen LogP contribution in [0.2, 0.25) is 0 Å². The molecule has 0 spiro atoms. The largest absolute Gasteiger partial charge is 0.354 e. The van der Waals surface area contributed by atoms with E-state index < -0.39 is 0 Å². The third kappa shape index (κ3) is 4.27. The van der Waals surface area contributed by atoms with E-state index in [0.717, 1.165) is 67.7 Å². The lowest BCUT2D eigenvalue weighted by Gasteiger charge is -2.37. The first-order valence-electron chi connectivity index (χ1n) is 10.3. The molecule has 0 radical (unpaired) electrons. The lowest BCUT2D eigenvalue weighted by Crippen LogP contribution is -2.47. The zero-order chi connectivity index (χ0) is 20.2. The van der Waals surface area contributed by atoms with E-state index in [0.29, 0.717) is 5.89 Å². The van der Waals surface area contributed by atoms with Crippen LogP contribution in [-0.2, 0) is 12.8 Å². The van der Waals surface area contributed by atoms with Crippen molar-refractivity contribution >= 4 is 5.82 Å². The number of piperazine rings is 1. The van der Waals surface area contributed by atoms with Crippen molar-refractivity contribution in [3.8, 4) is 11.4 Å². The van der Waals surface area contributed by atoms with Gasteiger partial charge in [-0.3, -0.25) is 9.88 Å². The summed E-state index contributed by atoms with van der Waals surface area (Å²) in [4.78, 5) is 22.9. The van der Waals surface area contributed by atoms with Gasteiger partial charge in [0.05, 0.1) is 6.04 Å². The topological polar surface area (TPSA) is 84.1 Å². The molecule has 0 saturated carbocycles. The molecule has 0 bridgehead atoms. The van der Waals surface area contributed by atoms with Crippen molar-refractivity contribution in [1.82, 2.24) is 30.0 Å². The Kier molecular flexibility index (Phi) is 5.80. The average molecular weight is 393 g/mol. The van der Waals surface area contributed by atoms with Gasteiger partial charge in [0.1, 0.15) is 5.82 Å². The highest BCUT2D eigenvalue weighted by atomic mass is 16.5. The number of pyridine rings is 1. The van der Waals surface area contributed by atoms with Gasteiger partial charge in [0.25, 0.3) is 0 Å². The van der Waals surface area contributed by atoms with Gasteiger partial charge in [-0.2, -0.15) is 4.98 Å². The number of rotatable bonds is 6. The average Bonchev–Trinajstić information content (AvgIpc) is 3.28. The van der Waals surface area contributed by atoms with Crippen LogP contribution in [0, 0.1) is 0 Å². The maximum absolute atomic E-state index is 5.43. The molecule has 0 N–H and O–H groups in total. The molecule has 1 fully saturated rings. The zero-order valence-corrected chi connectivity index (χ0v) is 17.2. The molecule has 8 nitrogen and oxygen atoms in total. The van der Waals surface area contributed by atoms with Crippen LogP contribution in [0.4, 0.5) is 5.82 Å². The number of nitrogens with zero attached hydrogens (tertiary/aromatic N) is 7. The minimum atomic E-state index is 0.119. The molecular weight excluding hydrogens is 366 g/mol. The first-order chi connectivity index (χ1) is 14.2. The Morgan fingerprint density at radius 3 is 2.41 bits per heavy atom. The highest BCUT2D eigenvalue weighted by Crippen LogP contribution is 2.24. The van der Waals surface area contributed by atoms with E-state index >= 15 is 0 Å². The summed E-state index contributed by atoms with van der Waals surface area (Å²) in [6.45, 7) is 9.91. The summed E-state index contributed by atoms with van der Waals surface area (Å²) in [5.41, 5.74) is 2.04. The molecule has 3 aromatic heterocycles. The molecule has 1 aliphatic rings. The first-order valence-corrected chi connectivity index (χ1v) is 10.3. The first kappa shape index (κ1) is 19.4. The lowest BCUT2D eigenvalue weighted by atomic mass is 10.2. The molecular formula is C21H27N7O. The van der Waals surface area contributed by atoms with Gasteiger partial charge in [0.2, 0.25) is 5.89 Å². The molecule has 1 saturated heterocycles. The molecule has 1 atom stereocenters.